The quantitative estimate of drug-likeness (QED) is 0.640. The van der Waals surface area contributed by atoms with Crippen LogP contribution in [0.5, 0.6) is 0 Å². The van der Waals surface area contributed by atoms with Gasteiger partial charge < -0.3 is 15.4 Å². The van der Waals surface area contributed by atoms with Crippen molar-refractivity contribution in [3.05, 3.63) is 0 Å². The fraction of sp³-hybridized carbons (Fsp3) is 0.929. The highest BCUT2D eigenvalue weighted by Gasteiger charge is 2.25. The largest absolute Gasteiger partial charge is 0.381 e. The second-order valence-corrected chi connectivity index (χ2v) is 5.11. The zero-order chi connectivity index (χ0) is 13.2. The van der Waals surface area contributed by atoms with Gasteiger partial charge in [-0.25, -0.2) is 0 Å². The molecule has 1 aliphatic heterocycles. The molecule has 2 N–H and O–H groups in total. The molecule has 0 aromatic rings. The Morgan fingerprint density at radius 3 is 2.83 bits per heavy atom. The molecule has 0 aromatic carbocycles. The van der Waals surface area contributed by atoms with Gasteiger partial charge in [0.15, 0.2) is 0 Å². The molecule has 1 saturated heterocycles. The summed E-state index contributed by atoms with van der Waals surface area (Å²) in [6.07, 6.45) is 6.15. The molecule has 0 aromatic heterocycles. The summed E-state index contributed by atoms with van der Waals surface area (Å²) in [5, 5.41) is 0. The van der Waals surface area contributed by atoms with E-state index in [1.165, 1.54) is 0 Å². The lowest BCUT2D eigenvalue weighted by Gasteiger charge is -2.16. The molecule has 1 fully saturated rings. The molecule has 0 aliphatic carbocycles. The van der Waals surface area contributed by atoms with Crippen molar-refractivity contribution in [2.24, 2.45) is 11.7 Å². The number of carbonyl (C=O) groups is 1. The molecule has 1 atom stereocenters. The Balaban J connectivity index is 2.08. The second-order valence-electron chi connectivity index (χ2n) is 5.11. The Bertz CT molecular complexity index is 234. The number of nitrogens with two attached hydrogens (primary N) is 1. The number of amides is 1. The zero-order valence-electron chi connectivity index (χ0n) is 11.7. The molecule has 18 heavy (non-hydrogen) atoms. The van der Waals surface area contributed by atoms with Crippen LogP contribution in [0.3, 0.4) is 0 Å². The van der Waals surface area contributed by atoms with Crippen LogP contribution in [0.2, 0.25) is 0 Å². The summed E-state index contributed by atoms with van der Waals surface area (Å²) >= 11 is 0. The molecular weight excluding hydrogens is 228 g/mol. The standard InChI is InChI=1S/C14H28N2O2/c1-2-18-12-13-8-10-16(11-13)14(17)7-5-3-4-6-9-15/h13H,2-12,15H2,1H3. The third kappa shape index (κ3) is 5.83. The van der Waals surface area contributed by atoms with Gasteiger partial charge in [0.25, 0.3) is 0 Å². The SMILES string of the molecule is CCOCC1CCN(C(=O)CCCCCCN)C1. The van der Waals surface area contributed by atoms with Crippen LogP contribution < -0.4 is 5.73 Å². The van der Waals surface area contributed by atoms with Crippen LogP contribution in [-0.2, 0) is 9.53 Å². The number of unbranched alkanes of at least 4 members (excludes halogenated alkanes) is 3. The first-order valence-electron chi connectivity index (χ1n) is 7.33. The van der Waals surface area contributed by atoms with Crippen molar-refractivity contribution in [3.8, 4) is 0 Å². The molecule has 1 rings (SSSR count). The van der Waals surface area contributed by atoms with Gasteiger partial charge in [-0.3, -0.25) is 4.79 Å². The lowest BCUT2D eigenvalue weighted by Crippen LogP contribution is -2.29. The third-order valence-corrected chi connectivity index (χ3v) is 3.54. The lowest BCUT2D eigenvalue weighted by molar-refractivity contribution is -0.130. The maximum atomic E-state index is 12.0. The monoisotopic (exact) mass is 256 g/mol. The first-order chi connectivity index (χ1) is 8.77. The summed E-state index contributed by atoms with van der Waals surface area (Å²) in [4.78, 5) is 14.0. The molecular formula is C14H28N2O2. The number of nitrogens with zero attached hydrogens (tertiary/aromatic N) is 1. The van der Waals surface area contributed by atoms with E-state index in [9.17, 15) is 4.79 Å². The summed E-state index contributed by atoms with van der Waals surface area (Å²) in [5.41, 5.74) is 5.44. The molecule has 4 heteroatoms. The van der Waals surface area contributed by atoms with Crippen LogP contribution in [-0.4, -0.2) is 43.7 Å². The first-order valence-corrected chi connectivity index (χ1v) is 7.33. The van der Waals surface area contributed by atoms with E-state index in [1.807, 2.05) is 11.8 Å². The minimum atomic E-state index is 0.321. The fourth-order valence-corrected chi connectivity index (χ4v) is 2.41. The van der Waals surface area contributed by atoms with Gasteiger partial charge in [-0.2, -0.15) is 0 Å². The number of ether oxygens (including phenoxy) is 1. The van der Waals surface area contributed by atoms with Gasteiger partial charge in [-0.15, -0.1) is 0 Å². The van der Waals surface area contributed by atoms with Crippen LogP contribution in [0.4, 0.5) is 0 Å². The number of hydrogen-bond donors (Lipinski definition) is 1. The maximum absolute atomic E-state index is 12.0. The van der Waals surface area contributed by atoms with Gasteiger partial charge in [0, 0.05) is 32.0 Å². The van der Waals surface area contributed by atoms with Gasteiger partial charge in [0.1, 0.15) is 0 Å². The molecule has 1 unspecified atom stereocenters. The Hall–Kier alpha value is -0.610. The molecule has 0 saturated carbocycles. The molecule has 1 aliphatic rings. The van der Waals surface area contributed by atoms with E-state index in [2.05, 4.69) is 0 Å². The summed E-state index contributed by atoms with van der Waals surface area (Å²) in [6.45, 7) is 6.15. The molecule has 0 bridgehead atoms. The molecule has 4 nitrogen and oxygen atoms in total. The minimum Gasteiger partial charge on any atom is -0.381 e. The van der Waals surface area contributed by atoms with E-state index in [0.717, 1.165) is 65.0 Å². The van der Waals surface area contributed by atoms with Crippen LogP contribution >= 0.6 is 0 Å². The Labute approximate surface area is 111 Å². The highest BCUT2D eigenvalue weighted by molar-refractivity contribution is 5.76. The van der Waals surface area contributed by atoms with E-state index in [4.69, 9.17) is 10.5 Å². The van der Waals surface area contributed by atoms with E-state index in [-0.39, 0.29) is 0 Å². The number of rotatable bonds is 9. The van der Waals surface area contributed by atoms with Gasteiger partial charge >= 0.3 is 0 Å². The van der Waals surface area contributed by atoms with Gasteiger partial charge in [0.05, 0.1) is 6.61 Å². The number of hydrogen-bond acceptors (Lipinski definition) is 3. The molecule has 0 spiro atoms. The van der Waals surface area contributed by atoms with E-state index in [1.54, 1.807) is 0 Å². The van der Waals surface area contributed by atoms with E-state index in [0.29, 0.717) is 18.2 Å². The number of carbonyl (C=O) groups excluding carboxylic acids is 1. The summed E-state index contributed by atoms with van der Waals surface area (Å²) < 4.78 is 5.42. The normalized spacial score (nSPS) is 19.4. The van der Waals surface area contributed by atoms with E-state index < -0.39 is 0 Å². The second kappa shape index (κ2) is 9.34. The number of likely N-dealkylation sites (tertiary alicyclic amines) is 1. The Kier molecular flexibility index (Phi) is 8.01. The molecule has 1 heterocycles. The summed E-state index contributed by atoms with van der Waals surface area (Å²) in [5.74, 6) is 0.868. The van der Waals surface area contributed by atoms with Gasteiger partial charge in [0.2, 0.25) is 5.91 Å². The van der Waals surface area contributed by atoms with E-state index >= 15 is 0 Å². The predicted octanol–water partition coefficient (Wildman–Crippen LogP) is 1.78. The minimum absolute atomic E-state index is 0.321. The Morgan fingerprint density at radius 1 is 1.33 bits per heavy atom. The summed E-state index contributed by atoms with van der Waals surface area (Å²) in [7, 11) is 0. The molecule has 1 amide bonds. The van der Waals surface area contributed by atoms with Gasteiger partial charge in [-0.1, -0.05) is 12.8 Å². The molecule has 106 valence electrons. The van der Waals surface area contributed by atoms with Crippen LogP contribution in [0.1, 0.15) is 45.4 Å². The van der Waals surface area contributed by atoms with Crippen LogP contribution in [0.25, 0.3) is 0 Å². The van der Waals surface area contributed by atoms with Crippen molar-refractivity contribution in [1.29, 1.82) is 0 Å². The first kappa shape index (κ1) is 15.4. The predicted molar refractivity (Wildman–Crippen MR) is 73.3 cm³/mol. The highest BCUT2D eigenvalue weighted by atomic mass is 16.5. The van der Waals surface area contributed by atoms with Crippen molar-refractivity contribution in [2.45, 2.75) is 45.4 Å². The lowest BCUT2D eigenvalue weighted by atomic mass is 10.1. The van der Waals surface area contributed by atoms with Crippen molar-refractivity contribution < 1.29 is 9.53 Å². The van der Waals surface area contributed by atoms with Crippen LogP contribution in [0, 0.1) is 5.92 Å². The van der Waals surface area contributed by atoms with Crippen molar-refractivity contribution in [1.82, 2.24) is 4.90 Å². The van der Waals surface area contributed by atoms with Crippen LogP contribution in [0.15, 0.2) is 0 Å². The average molecular weight is 256 g/mol. The van der Waals surface area contributed by atoms with Crippen molar-refractivity contribution in [3.63, 3.8) is 0 Å². The molecule has 0 radical (unpaired) electrons. The van der Waals surface area contributed by atoms with Crippen molar-refractivity contribution >= 4 is 5.91 Å². The van der Waals surface area contributed by atoms with Crippen molar-refractivity contribution in [2.75, 3.05) is 32.8 Å². The topological polar surface area (TPSA) is 55.6 Å². The Morgan fingerprint density at radius 2 is 2.11 bits per heavy atom. The fourth-order valence-electron chi connectivity index (χ4n) is 2.41. The smallest absolute Gasteiger partial charge is 0.222 e. The average Bonchev–Trinajstić information content (AvgIpc) is 2.84. The van der Waals surface area contributed by atoms with Gasteiger partial charge in [-0.05, 0) is 32.7 Å². The maximum Gasteiger partial charge on any atom is 0.222 e. The summed E-state index contributed by atoms with van der Waals surface area (Å²) in [6, 6.07) is 0. The zero-order valence-corrected chi connectivity index (χ0v) is 11.7. The highest BCUT2D eigenvalue weighted by Crippen LogP contribution is 2.18. The third-order valence-electron chi connectivity index (χ3n) is 3.54.